The third kappa shape index (κ3) is 7.06. The SMILES string of the molecule is CC[C@H](C(=O)NC1CCCC1)N(Cc1ccccc1C)C(=O)CSCc1ccc([N+](=O)[O-])cc1. The van der Waals surface area contributed by atoms with Gasteiger partial charge in [0.15, 0.2) is 0 Å². The number of hydrogen-bond acceptors (Lipinski definition) is 5. The van der Waals surface area contributed by atoms with Crippen molar-refractivity contribution in [3.8, 4) is 0 Å². The number of nitro groups is 1. The normalized spacial score (nSPS) is 14.5. The number of amides is 2. The Morgan fingerprint density at radius 2 is 1.82 bits per heavy atom. The molecular formula is C26H33N3O4S. The highest BCUT2D eigenvalue weighted by Gasteiger charge is 2.30. The van der Waals surface area contributed by atoms with E-state index in [2.05, 4.69) is 5.32 Å². The molecule has 1 saturated carbocycles. The van der Waals surface area contributed by atoms with Gasteiger partial charge < -0.3 is 10.2 Å². The number of hydrogen-bond donors (Lipinski definition) is 1. The van der Waals surface area contributed by atoms with Crippen LogP contribution < -0.4 is 5.32 Å². The van der Waals surface area contributed by atoms with Crippen molar-refractivity contribution in [3.63, 3.8) is 0 Å². The van der Waals surface area contributed by atoms with E-state index in [0.717, 1.165) is 42.4 Å². The molecule has 0 aromatic heterocycles. The molecule has 1 aliphatic carbocycles. The molecule has 0 unspecified atom stereocenters. The van der Waals surface area contributed by atoms with E-state index in [1.54, 1.807) is 17.0 Å². The highest BCUT2D eigenvalue weighted by Crippen LogP contribution is 2.22. The number of carbonyl (C=O) groups excluding carboxylic acids is 2. The minimum absolute atomic E-state index is 0.0493. The maximum Gasteiger partial charge on any atom is 0.269 e. The molecule has 1 aliphatic rings. The van der Waals surface area contributed by atoms with Crippen LogP contribution in [0.25, 0.3) is 0 Å². The molecule has 1 atom stereocenters. The topological polar surface area (TPSA) is 92.6 Å². The minimum atomic E-state index is -0.521. The standard InChI is InChI=1S/C26H33N3O4S/c1-3-24(26(31)27-22-10-6-7-11-22)28(16-21-9-5-4-8-19(21)2)25(30)18-34-17-20-12-14-23(15-13-20)29(32)33/h4-5,8-9,12-15,22,24H,3,6-7,10-11,16-18H2,1-2H3,(H,27,31)/t24-/m1/s1. The summed E-state index contributed by atoms with van der Waals surface area (Å²) in [4.78, 5) is 38.7. The Bertz CT molecular complexity index is 990. The number of non-ortho nitro benzene ring substituents is 1. The zero-order chi connectivity index (χ0) is 24.5. The first-order chi connectivity index (χ1) is 16.4. The molecule has 1 N–H and O–H groups in total. The third-order valence-electron chi connectivity index (χ3n) is 6.33. The Balaban J connectivity index is 1.69. The van der Waals surface area contributed by atoms with Crippen molar-refractivity contribution in [1.29, 1.82) is 0 Å². The third-order valence-corrected chi connectivity index (χ3v) is 7.32. The number of carbonyl (C=O) groups is 2. The lowest BCUT2D eigenvalue weighted by atomic mass is 10.1. The number of rotatable bonds is 11. The maximum atomic E-state index is 13.4. The second kappa shape index (κ2) is 12.6. The summed E-state index contributed by atoms with van der Waals surface area (Å²) in [5.41, 5.74) is 3.08. The maximum absolute atomic E-state index is 13.4. The molecule has 2 aromatic carbocycles. The van der Waals surface area contributed by atoms with Gasteiger partial charge in [0.2, 0.25) is 11.8 Å². The first kappa shape index (κ1) is 25.7. The smallest absolute Gasteiger partial charge is 0.269 e. The lowest BCUT2D eigenvalue weighted by Crippen LogP contribution is -2.51. The van der Waals surface area contributed by atoms with Crippen molar-refractivity contribution in [3.05, 3.63) is 75.3 Å². The van der Waals surface area contributed by atoms with Crippen LogP contribution in [-0.2, 0) is 21.9 Å². The molecule has 0 bridgehead atoms. The number of nitro benzene ring substituents is 1. The highest BCUT2D eigenvalue weighted by molar-refractivity contribution is 7.99. The van der Waals surface area contributed by atoms with Crippen LogP contribution in [-0.4, -0.2) is 39.5 Å². The molecule has 2 amide bonds. The average molecular weight is 484 g/mol. The lowest BCUT2D eigenvalue weighted by Gasteiger charge is -2.32. The van der Waals surface area contributed by atoms with Crippen molar-refractivity contribution in [1.82, 2.24) is 10.2 Å². The first-order valence-electron chi connectivity index (χ1n) is 11.8. The van der Waals surface area contributed by atoms with Crippen LogP contribution in [0.5, 0.6) is 0 Å². The zero-order valence-corrected chi connectivity index (χ0v) is 20.7. The Labute approximate surface area is 205 Å². The largest absolute Gasteiger partial charge is 0.352 e. The Morgan fingerprint density at radius 1 is 1.15 bits per heavy atom. The summed E-state index contributed by atoms with van der Waals surface area (Å²) in [6.45, 7) is 4.35. The fraction of sp³-hybridized carbons (Fsp3) is 0.462. The summed E-state index contributed by atoms with van der Waals surface area (Å²) in [5, 5.41) is 14.0. The van der Waals surface area contributed by atoms with Crippen LogP contribution in [0.15, 0.2) is 48.5 Å². The fourth-order valence-corrected chi connectivity index (χ4v) is 5.18. The van der Waals surface area contributed by atoms with E-state index >= 15 is 0 Å². The Hall–Kier alpha value is -2.87. The number of nitrogens with zero attached hydrogens (tertiary/aromatic N) is 2. The molecule has 0 radical (unpaired) electrons. The molecular weight excluding hydrogens is 450 g/mol. The van der Waals surface area contributed by atoms with Gasteiger partial charge in [0.25, 0.3) is 5.69 Å². The fourth-order valence-electron chi connectivity index (χ4n) is 4.31. The van der Waals surface area contributed by atoms with Crippen LogP contribution in [0.2, 0.25) is 0 Å². The van der Waals surface area contributed by atoms with E-state index in [4.69, 9.17) is 0 Å². The molecule has 8 heteroatoms. The van der Waals surface area contributed by atoms with E-state index in [0.29, 0.717) is 18.7 Å². The monoisotopic (exact) mass is 483 g/mol. The summed E-state index contributed by atoms with van der Waals surface area (Å²) in [6.07, 6.45) is 4.81. The van der Waals surface area contributed by atoms with Gasteiger partial charge in [-0.25, -0.2) is 0 Å². The van der Waals surface area contributed by atoms with E-state index < -0.39 is 11.0 Å². The number of nitrogens with one attached hydrogen (secondary N) is 1. The van der Waals surface area contributed by atoms with E-state index in [1.165, 1.54) is 23.9 Å². The van der Waals surface area contributed by atoms with Crippen molar-refractivity contribution in [2.45, 2.75) is 70.3 Å². The second-order valence-electron chi connectivity index (χ2n) is 8.78. The van der Waals surface area contributed by atoms with Gasteiger partial charge in [-0.15, -0.1) is 11.8 Å². The van der Waals surface area contributed by atoms with Crippen LogP contribution in [0, 0.1) is 17.0 Å². The summed E-state index contributed by atoms with van der Waals surface area (Å²) in [6, 6.07) is 14.0. The van der Waals surface area contributed by atoms with Gasteiger partial charge >= 0.3 is 0 Å². The van der Waals surface area contributed by atoms with Gasteiger partial charge in [-0.1, -0.05) is 56.2 Å². The minimum Gasteiger partial charge on any atom is -0.352 e. The van der Waals surface area contributed by atoms with Crippen molar-refractivity contribution < 1.29 is 14.5 Å². The van der Waals surface area contributed by atoms with Crippen molar-refractivity contribution in [2.24, 2.45) is 0 Å². The predicted molar refractivity (Wildman–Crippen MR) is 135 cm³/mol. The molecule has 0 aliphatic heterocycles. The number of benzene rings is 2. The van der Waals surface area contributed by atoms with Crippen molar-refractivity contribution >= 4 is 29.3 Å². The van der Waals surface area contributed by atoms with E-state index in [-0.39, 0.29) is 29.3 Å². The lowest BCUT2D eigenvalue weighted by molar-refractivity contribution is -0.384. The van der Waals surface area contributed by atoms with Crippen LogP contribution >= 0.6 is 11.8 Å². The van der Waals surface area contributed by atoms with E-state index in [9.17, 15) is 19.7 Å². The quantitative estimate of drug-likeness (QED) is 0.359. The number of thioether (sulfide) groups is 1. The van der Waals surface area contributed by atoms with Gasteiger partial charge in [-0.05, 0) is 42.9 Å². The Morgan fingerprint density at radius 3 is 2.44 bits per heavy atom. The summed E-state index contributed by atoms with van der Waals surface area (Å²) in [5.74, 6) is 0.642. The molecule has 0 spiro atoms. The molecule has 0 saturated heterocycles. The first-order valence-corrected chi connectivity index (χ1v) is 13.0. The molecule has 182 valence electrons. The molecule has 0 heterocycles. The average Bonchev–Trinajstić information content (AvgIpc) is 3.33. The number of aryl methyl sites for hydroxylation is 1. The molecule has 1 fully saturated rings. The van der Waals surface area contributed by atoms with E-state index in [1.807, 2.05) is 38.1 Å². The van der Waals surface area contributed by atoms with Gasteiger partial charge in [0, 0.05) is 30.5 Å². The van der Waals surface area contributed by atoms with Crippen LogP contribution in [0.3, 0.4) is 0 Å². The summed E-state index contributed by atoms with van der Waals surface area (Å²) in [7, 11) is 0. The second-order valence-corrected chi connectivity index (χ2v) is 9.76. The van der Waals surface area contributed by atoms with Crippen LogP contribution in [0.4, 0.5) is 5.69 Å². The molecule has 2 aromatic rings. The van der Waals surface area contributed by atoms with Gasteiger partial charge in [-0.2, -0.15) is 0 Å². The van der Waals surface area contributed by atoms with Crippen molar-refractivity contribution in [2.75, 3.05) is 5.75 Å². The zero-order valence-electron chi connectivity index (χ0n) is 19.9. The van der Waals surface area contributed by atoms with Gasteiger partial charge in [0.1, 0.15) is 6.04 Å². The predicted octanol–water partition coefficient (Wildman–Crippen LogP) is 5.00. The molecule has 3 rings (SSSR count). The molecule has 7 nitrogen and oxygen atoms in total. The summed E-state index contributed by atoms with van der Waals surface area (Å²) >= 11 is 1.45. The summed E-state index contributed by atoms with van der Waals surface area (Å²) < 4.78 is 0. The van der Waals surface area contributed by atoms with Crippen LogP contribution in [0.1, 0.15) is 55.7 Å². The van der Waals surface area contributed by atoms with Gasteiger partial charge in [0.05, 0.1) is 10.7 Å². The highest BCUT2D eigenvalue weighted by atomic mass is 32.2. The molecule has 34 heavy (non-hydrogen) atoms. The Kier molecular flexibility index (Phi) is 9.51. The van der Waals surface area contributed by atoms with Gasteiger partial charge in [-0.3, -0.25) is 19.7 Å².